The van der Waals surface area contributed by atoms with E-state index in [2.05, 4.69) is 15.3 Å². The molecule has 5 heteroatoms. The maximum atomic E-state index is 12.1. The lowest BCUT2D eigenvalue weighted by molar-refractivity contribution is 0.0955. The van der Waals surface area contributed by atoms with Crippen LogP contribution in [0.5, 0.6) is 0 Å². The molecule has 0 radical (unpaired) electrons. The topological polar surface area (TPSA) is 57.8 Å². The first-order chi connectivity index (χ1) is 9.34. The predicted octanol–water partition coefficient (Wildman–Crippen LogP) is 2.60. The number of benzene rings is 1. The van der Waals surface area contributed by atoms with E-state index in [1.807, 2.05) is 35.8 Å². The Labute approximate surface area is 114 Å². The van der Waals surface area contributed by atoms with E-state index in [1.54, 1.807) is 16.8 Å². The highest BCUT2D eigenvalue weighted by Gasteiger charge is 2.09. The summed E-state index contributed by atoms with van der Waals surface area (Å²) in [4.78, 5) is 19.4. The SMILES string of the molecule is O=C(NCCc1cscn1)c1cccc2cc[nH]c12. The number of thiazole rings is 1. The van der Waals surface area contributed by atoms with Crippen molar-refractivity contribution in [3.63, 3.8) is 0 Å². The summed E-state index contributed by atoms with van der Waals surface area (Å²) in [6.07, 6.45) is 2.60. The van der Waals surface area contributed by atoms with Crippen LogP contribution in [-0.2, 0) is 6.42 Å². The van der Waals surface area contributed by atoms with Gasteiger partial charge in [-0.1, -0.05) is 12.1 Å². The number of fused-ring (bicyclic) bond motifs is 1. The maximum absolute atomic E-state index is 12.1. The fourth-order valence-corrected chi connectivity index (χ4v) is 2.63. The molecule has 1 aromatic carbocycles. The molecule has 19 heavy (non-hydrogen) atoms. The second-order valence-electron chi connectivity index (χ2n) is 4.23. The summed E-state index contributed by atoms with van der Waals surface area (Å²) in [6, 6.07) is 7.67. The number of carbonyl (C=O) groups excluding carboxylic acids is 1. The Hall–Kier alpha value is -2.14. The van der Waals surface area contributed by atoms with Crippen molar-refractivity contribution in [3.05, 3.63) is 52.6 Å². The van der Waals surface area contributed by atoms with Crippen LogP contribution in [0.3, 0.4) is 0 Å². The highest BCUT2D eigenvalue weighted by Crippen LogP contribution is 2.16. The zero-order valence-corrected chi connectivity index (χ0v) is 11.0. The third-order valence-corrected chi connectivity index (χ3v) is 3.62. The van der Waals surface area contributed by atoms with Crippen LogP contribution in [0.4, 0.5) is 0 Å². The molecule has 0 saturated carbocycles. The van der Waals surface area contributed by atoms with Gasteiger partial charge in [-0.2, -0.15) is 0 Å². The van der Waals surface area contributed by atoms with E-state index < -0.39 is 0 Å². The second kappa shape index (κ2) is 5.24. The van der Waals surface area contributed by atoms with Crippen LogP contribution in [-0.4, -0.2) is 22.4 Å². The number of aromatic nitrogens is 2. The molecule has 2 heterocycles. The zero-order chi connectivity index (χ0) is 13.1. The minimum atomic E-state index is -0.0525. The number of amides is 1. The van der Waals surface area contributed by atoms with Gasteiger partial charge in [0, 0.05) is 29.9 Å². The van der Waals surface area contributed by atoms with Gasteiger partial charge in [0.05, 0.1) is 22.3 Å². The number of H-pyrrole nitrogens is 1. The molecular formula is C14H13N3OS. The number of nitrogens with one attached hydrogen (secondary N) is 2. The molecule has 2 N–H and O–H groups in total. The van der Waals surface area contributed by atoms with Gasteiger partial charge in [0.25, 0.3) is 5.91 Å². The number of hydrogen-bond donors (Lipinski definition) is 2. The summed E-state index contributed by atoms with van der Waals surface area (Å²) >= 11 is 1.57. The molecule has 0 spiro atoms. The van der Waals surface area contributed by atoms with Crippen molar-refractivity contribution in [3.8, 4) is 0 Å². The van der Waals surface area contributed by atoms with Gasteiger partial charge in [0.2, 0.25) is 0 Å². The van der Waals surface area contributed by atoms with Crippen molar-refractivity contribution < 1.29 is 4.79 Å². The largest absolute Gasteiger partial charge is 0.361 e. The molecule has 3 rings (SSSR count). The van der Waals surface area contributed by atoms with Crippen LogP contribution in [0.15, 0.2) is 41.4 Å². The Morgan fingerprint density at radius 2 is 2.32 bits per heavy atom. The predicted molar refractivity (Wildman–Crippen MR) is 76.4 cm³/mol. The summed E-state index contributed by atoms with van der Waals surface area (Å²) in [5, 5.41) is 5.97. The number of para-hydroxylation sites is 1. The highest BCUT2D eigenvalue weighted by atomic mass is 32.1. The molecule has 0 fully saturated rings. The van der Waals surface area contributed by atoms with Crippen LogP contribution in [0, 0.1) is 0 Å². The Kier molecular flexibility index (Phi) is 3.29. The molecule has 4 nitrogen and oxygen atoms in total. The van der Waals surface area contributed by atoms with Crippen molar-refractivity contribution in [2.75, 3.05) is 6.54 Å². The molecule has 1 amide bonds. The van der Waals surface area contributed by atoms with Gasteiger partial charge in [-0.15, -0.1) is 11.3 Å². The first kappa shape index (κ1) is 11.9. The summed E-state index contributed by atoms with van der Waals surface area (Å²) in [7, 11) is 0. The molecule has 0 atom stereocenters. The third-order valence-electron chi connectivity index (χ3n) is 2.98. The Morgan fingerprint density at radius 3 is 3.16 bits per heavy atom. The Morgan fingerprint density at radius 1 is 1.37 bits per heavy atom. The minimum absolute atomic E-state index is 0.0525. The molecule has 3 aromatic rings. The maximum Gasteiger partial charge on any atom is 0.253 e. The molecule has 0 aliphatic heterocycles. The van der Waals surface area contributed by atoms with Crippen molar-refractivity contribution in [1.82, 2.24) is 15.3 Å². The highest BCUT2D eigenvalue weighted by molar-refractivity contribution is 7.07. The average Bonchev–Trinajstić information content (AvgIpc) is 3.08. The summed E-state index contributed by atoms with van der Waals surface area (Å²) in [5.41, 5.74) is 4.38. The van der Waals surface area contributed by atoms with Crippen molar-refractivity contribution >= 4 is 28.1 Å². The van der Waals surface area contributed by atoms with E-state index in [1.165, 1.54) is 0 Å². The monoisotopic (exact) mass is 271 g/mol. The summed E-state index contributed by atoms with van der Waals surface area (Å²) < 4.78 is 0. The molecule has 0 saturated heterocycles. The van der Waals surface area contributed by atoms with Gasteiger partial charge in [0.1, 0.15) is 0 Å². The lowest BCUT2D eigenvalue weighted by atomic mass is 10.1. The molecule has 0 unspecified atom stereocenters. The summed E-state index contributed by atoms with van der Waals surface area (Å²) in [6.45, 7) is 0.597. The average molecular weight is 271 g/mol. The van der Waals surface area contributed by atoms with E-state index in [4.69, 9.17) is 0 Å². The first-order valence-corrected chi connectivity index (χ1v) is 7.00. The zero-order valence-electron chi connectivity index (χ0n) is 10.2. The molecule has 2 aromatic heterocycles. The quantitative estimate of drug-likeness (QED) is 0.766. The first-order valence-electron chi connectivity index (χ1n) is 6.06. The second-order valence-corrected chi connectivity index (χ2v) is 4.95. The third kappa shape index (κ3) is 2.51. The van der Waals surface area contributed by atoms with Gasteiger partial charge in [0.15, 0.2) is 0 Å². The van der Waals surface area contributed by atoms with E-state index in [0.29, 0.717) is 12.1 Å². The summed E-state index contributed by atoms with van der Waals surface area (Å²) in [5.74, 6) is -0.0525. The molecule has 96 valence electrons. The normalized spacial score (nSPS) is 10.7. The fraction of sp³-hybridized carbons (Fsp3) is 0.143. The molecule has 0 bridgehead atoms. The van der Waals surface area contributed by atoms with Crippen LogP contribution in [0.1, 0.15) is 16.1 Å². The van der Waals surface area contributed by atoms with Crippen LogP contribution >= 0.6 is 11.3 Å². The number of rotatable bonds is 4. The van der Waals surface area contributed by atoms with Crippen molar-refractivity contribution in [1.29, 1.82) is 0 Å². The van der Waals surface area contributed by atoms with Gasteiger partial charge < -0.3 is 10.3 Å². The standard InChI is InChI=1S/C14H13N3OS/c18-14(16-7-5-11-8-19-9-17-11)12-3-1-2-10-4-6-15-13(10)12/h1-4,6,8-9,15H,5,7H2,(H,16,18). The lowest BCUT2D eigenvalue weighted by Gasteiger charge is -2.05. The Balaban J connectivity index is 1.68. The number of hydrogen-bond acceptors (Lipinski definition) is 3. The molecular weight excluding hydrogens is 258 g/mol. The van der Waals surface area contributed by atoms with Crippen LogP contribution in [0.25, 0.3) is 10.9 Å². The van der Waals surface area contributed by atoms with Crippen LogP contribution in [0.2, 0.25) is 0 Å². The van der Waals surface area contributed by atoms with Gasteiger partial charge in [-0.3, -0.25) is 4.79 Å². The van der Waals surface area contributed by atoms with Gasteiger partial charge in [-0.05, 0) is 12.1 Å². The Bertz CT molecular complexity index is 688. The van der Waals surface area contributed by atoms with E-state index in [9.17, 15) is 4.79 Å². The molecule has 0 aliphatic carbocycles. The minimum Gasteiger partial charge on any atom is -0.361 e. The van der Waals surface area contributed by atoms with Crippen molar-refractivity contribution in [2.45, 2.75) is 6.42 Å². The van der Waals surface area contributed by atoms with Crippen LogP contribution < -0.4 is 5.32 Å². The van der Waals surface area contributed by atoms with E-state index >= 15 is 0 Å². The van der Waals surface area contributed by atoms with Gasteiger partial charge >= 0.3 is 0 Å². The number of carbonyl (C=O) groups is 1. The van der Waals surface area contributed by atoms with Crippen molar-refractivity contribution in [2.24, 2.45) is 0 Å². The van der Waals surface area contributed by atoms with Gasteiger partial charge in [-0.25, -0.2) is 4.98 Å². The fourth-order valence-electron chi connectivity index (χ4n) is 2.03. The van der Waals surface area contributed by atoms with E-state index in [0.717, 1.165) is 23.0 Å². The molecule has 0 aliphatic rings. The number of aromatic amines is 1. The van der Waals surface area contributed by atoms with E-state index in [-0.39, 0.29) is 5.91 Å². The lowest BCUT2D eigenvalue weighted by Crippen LogP contribution is -2.26. The number of nitrogens with zero attached hydrogens (tertiary/aromatic N) is 1. The smallest absolute Gasteiger partial charge is 0.253 e.